The SMILES string of the molecule is COc1cc2c(cc1CF)NCC2. The van der Waals surface area contributed by atoms with Crippen molar-refractivity contribution in [1.29, 1.82) is 0 Å². The number of ether oxygens (including phenoxy) is 1. The molecule has 0 fully saturated rings. The van der Waals surface area contributed by atoms with E-state index in [4.69, 9.17) is 4.74 Å². The zero-order valence-corrected chi connectivity index (χ0v) is 7.56. The number of anilines is 1. The van der Waals surface area contributed by atoms with Gasteiger partial charge < -0.3 is 10.1 Å². The van der Waals surface area contributed by atoms with Crippen molar-refractivity contribution in [3.63, 3.8) is 0 Å². The van der Waals surface area contributed by atoms with Gasteiger partial charge in [0.15, 0.2) is 0 Å². The minimum atomic E-state index is -0.474. The van der Waals surface area contributed by atoms with Gasteiger partial charge >= 0.3 is 0 Å². The molecule has 1 aromatic carbocycles. The molecule has 0 atom stereocenters. The molecule has 1 heterocycles. The average molecular weight is 181 g/mol. The minimum absolute atomic E-state index is 0.474. The van der Waals surface area contributed by atoms with Crippen LogP contribution in [0.15, 0.2) is 12.1 Å². The summed E-state index contributed by atoms with van der Waals surface area (Å²) in [5, 5.41) is 3.20. The van der Waals surface area contributed by atoms with Crippen LogP contribution in [0.4, 0.5) is 10.1 Å². The van der Waals surface area contributed by atoms with E-state index >= 15 is 0 Å². The van der Waals surface area contributed by atoms with Crippen molar-refractivity contribution < 1.29 is 9.13 Å². The third kappa shape index (κ3) is 1.34. The van der Waals surface area contributed by atoms with Crippen LogP contribution in [0.25, 0.3) is 0 Å². The second-order valence-corrected chi connectivity index (χ2v) is 3.13. The third-order valence-corrected chi connectivity index (χ3v) is 2.36. The Morgan fingerprint density at radius 1 is 1.54 bits per heavy atom. The van der Waals surface area contributed by atoms with Crippen LogP contribution >= 0.6 is 0 Å². The maximum absolute atomic E-state index is 12.5. The molecule has 70 valence electrons. The summed E-state index contributed by atoms with van der Waals surface area (Å²) in [6.45, 7) is 0.465. The van der Waals surface area contributed by atoms with Crippen molar-refractivity contribution in [1.82, 2.24) is 0 Å². The van der Waals surface area contributed by atoms with Gasteiger partial charge in [-0.05, 0) is 24.1 Å². The molecule has 0 bridgehead atoms. The highest BCUT2D eigenvalue weighted by atomic mass is 19.1. The monoisotopic (exact) mass is 181 g/mol. The van der Waals surface area contributed by atoms with Crippen LogP contribution in [0.1, 0.15) is 11.1 Å². The Bertz CT molecular complexity index is 294. The van der Waals surface area contributed by atoms with Crippen LogP contribution in [-0.4, -0.2) is 13.7 Å². The summed E-state index contributed by atoms with van der Waals surface area (Å²) in [6.07, 6.45) is 0.998. The Morgan fingerprint density at radius 2 is 2.38 bits per heavy atom. The normalized spacial score (nSPS) is 13.7. The van der Waals surface area contributed by atoms with Crippen LogP contribution in [-0.2, 0) is 13.1 Å². The molecule has 1 aromatic rings. The van der Waals surface area contributed by atoms with Crippen LogP contribution in [0.2, 0.25) is 0 Å². The summed E-state index contributed by atoms with van der Waals surface area (Å²) in [5.74, 6) is 0.657. The van der Waals surface area contributed by atoms with Crippen molar-refractivity contribution in [3.05, 3.63) is 23.3 Å². The lowest BCUT2D eigenvalue weighted by Crippen LogP contribution is -1.93. The van der Waals surface area contributed by atoms with Gasteiger partial charge in [0, 0.05) is 17.8 Å². The molecule has 2 nitrogen and oxygen atoms in total. The Hall–Kier alpha value is -1.25. The number of benzene rings is 1. The Labute approximate surface area is 76.7 Å². The van der Waals surface area contributed by atoms with E-state index in [0.717, 1.165) is 18.7 Å². The summed E-state index contributed by atoms with van der Waals surface area (Å²) in [5.41, 5.74) is 2.89. The van der Waals surface area contributed by atoms with Gasteiger partial charge in [-0.1, -0.05) is 0 Å². The highest BCUT2D eigenvalue weighted by Crippen LogP contribution is 2.30. The molecule has 0 saturated heterocycles. The van der Waals surface area contributed by atoms with Crippen molar-refractivity contribution in [2.45, 2.75) is 13.1 Å². The van der Waals surface area contributed by atoms with Crippen molar-refractivity contribution in [3.8, 4) is 5.75 Å². The first-order valence-corrected chi connectivity index (χ1v) is 4.34. The predicted molar refractivity (Wildman–Crippen MR) is 50.0 cm³/mol. The van der Waals surface area contributed by atoms with E-state index in [0.29, 0.717) is 11.3 Å². The van der Waals surface area contributed by atoms with Crippen LogP contribution in [0.3, 0.4) is 0 Å². The Balaban J connectivity index is 2.47. The zero-order valence-electron chi connectivity index (χ0n) is 7.56. The van der Waals surface area contributed by atoms with E-state index in [1.165, 1.54) is 5.56 Å². The van der Waals surface area contributed by atoms with Crippen LogP contribution in [0, 0.1) is 0 Å². The Morgan fingerprint density at radius 3 is 3.08 bits per heavy atom. The second kappa shape index (κ2) is 3.24. The lowest BCUT2D eigenvalue weighted by atomic mass is 10.1. The van der Waals surface area contributed by atoms with Gasteiger partial charge in [-0.3, -0.25) is 0 Å². The molecule has 0 spiro atoms. The van der Waals surface area contributed by atoms with Crippen molar-refractivity contribution >= 4 is 5.69 Å². The molecule has 3 heteroatoms. The Kier molecular flexibility index (Phi) is 2.08. The number of hydrogen-bond acceptors (Lipinski definition) is 2. The van der Waals surface area contributed by atoms with Crippen LogP contribution < -0.4 is 10.1 Å². The van der Waals surface area contributed by atoms with Crippen molar-refractivity contribution in [2.24, 2.45) is 0 Å². The zero-order chi connectivity index (χ0) is 9.26. The highest BCUT2D eigenvalue weighted by Gasteiger charge is 2.14. The third-order valence-electron chi connectivity index (χ3n) is 2.36. The van der Waals surface area contributed by atoms with E-state index in [9.17, 15) is 4.39 Å². The van der Waals surface area contributed by atoms with E-state index < -0.39 is 6.67 Å². The number of nitrogens with one attached hydrogen (secondary N) is 1. The predicted octanol–water partition coefficient (Wildman–Crippen LogP) is 2.13. The van der Waals surface area contributed by atoms with E-state index in [1.807, 2.05) is 12.1 Å². The van der Waals surface area contributed by atoms with Gasteiger partial charge in [-0.25, -0.2) is 4.39 Å². The minimum Gasteiger partial charge on any atom is -0.496 e. The molecule has 1 aliphatic rings. The number of fused-ring (bicyclic) bond motifs is 1. The van der Waals surface area contributed by atoms with Crippen molar-refractivity contribution in [2.75, 3.05) is 19.0 Å². The summed E-state index contributed by atoms with van der Waals surface area (Å²) < 4.78 is 17.6. The number of hydrogen-bond donors (Lipinski definition) is 1. The molecular formula is C10H12FNO. The second-order valence-electron chi connectivity index (χ2n) is 3.13. The smallest absolute Gasteiger partial charge is 0.125 e. The lowest BCUT2D eigenvalue weighted by Gasteiger charge is -2.08. The maximum atomic E-state index is 12.5. The molecular weight excluding hydrogens is 169 g/mol. The maximum Gasteiger partial charge on any atom is 0.125 e. The van der Waals surface area contributed by atoms with Gasteiger partial charge in [-0.15, -0.1) is 0 Å². The molecule has 0 aliphatic carbocycles. The first kappa shape index (κ1) is 8.35. The molecule has 13 heavy (non-hydrogen) atoms. The summed E-state index contributed by atoms with van der Waals surface area (Å²) in [4.78, 5) is 0. The topological polar surface area (TPSA) is 21.3 Å². The molecule has 0 amide bonds. The van der Waals surface area contributed by atoms with E-state index in [-0.39, 0.29) is 0 Å². The summed E-state index contributed by atoms with van der Waals surface area (Å²) in [6, 6.07) is 3.76. The fourth-order valence-electron chi connectivity index (χ4n) is 1.66. The van der Waals surface area contributed by atoms with Gasteiger partial charge in [-0.2, -0.15) is 0 Å². The molecule has 0 unspecified atom stereocenters. The van der Waals surface area contributed by atoms with Gasteiger partial charge in [0.25, 0.3) is 0 Å². The van der Waals surface area contributed by atoms with Gasteiger partial charge in [0.1, 0.15) is 12.4 Å². The van der Waals surface area contributed by atoms with Gasteiger partial charge in [0.05, 0.1) is 7.11 Å². The number of halogens is 1. The molecule has 1 N–H and O–H groups in total. The van der Waals surface area contributed by atoms with Crippen LogP contribution in [0.5, 0.6) is 5.75 Å². The highest BCUT2D eigenvalue weighted by molar-refractivity contribution is 5.60. The lowest BCUT2D eigenvalue weighted by molar-refractivity contribution is 0.394. The number of alkyl halides is 1. The van der Waals surface area contributed by atoms with E-state index in [1.54, 1.807) is 7.11 Å². The largest absolute Gasteiger partial charge is 0.496 e. The quantitative estimate of drug-likeness (QED) is 0.754. The summed E-state index contributed by atoms with van der Waals surface area (Å²) >= 11 is 0. The molecule has 0 saturated carbocycles. The standard InChI is InChI=1S/C10H12FNO/c1-13-10-5-7-2-3-12-9(7)4-8(10)6-11/h4-5,12H,2-3,6H2,1H3. The summed E-state index contributed by atoms with van der Waals surface area (Å²) in [7, 11) is 1.57. The first-order valence-electron chi connectivity index (χ1n) is 4.34. The number of methoxy groups -OCH3 is 1. The molecule has 0 radical (unpaired) electrons. The molecule has 1 aliphatic heterocycles. The van der Waals surface area contributed by atoms with E-state index in [2.05, 4.69) is 5.32 Å². The van der Waals surface area contributed by atoms with Gasteiger partial charge in [0.2, 0.25) is 0 Å². The fraction of sp³-hybridized carbons (Fsp3) is 0.400. The molecule has 0 aromatic heterocycles. The fourth-order valence-corrected chi connectivity index (χ4v) is 1.66. The average Bonchev–Trinajstić information content (AvgIpc) is 2.62. The first-order chi connectivity index (χ1) is 6.35. The molecule has 2 rings (SSSR count). The number of rotatable bonds is 2.